The van der Waals surface area contributed by atoms with Gasteiger partial charge in [-0.1, -0.05) is 0 Å². The van der Waals surface area contributed by atoms with Gasteiger partial charge < -0.3 is 24.8 Å². The highest BCUT2D eigenvalue weighted by Crippen LogP contribution is 2.43. The summed E-state index contributed by atoms with van der Waals surface area (Å²) in [6, 6.07) is 5.32. The van der Waals surface area contributed by atoms with Gasteiger partial charge in [0.1, 0.15) is 5.82 Å². The third-order valence-electron chi connectivity index (χ3n) is 8.99. The Kier molecular flexibility index (Phi) is 8.65. The van der Waals surface area contributed by atoms with Crippen molar-refractivity contribution in [2.75, 3.05) is 68.8 Å². The number of benzene rings is 1. The molecule has 0 unspecified atom stereocenters. The fourth-order valence-corrected chi connectivity index (χ4v) is 6.63. The Bertz CT molecular complexity index is 925. The number of nitrogens with one attached hydrogen (secondary N) is 1. The van der Waals surface area contributed by atoms with Crippen molar-refractivity contribution in [1.82, 2.24) is 10.2 Å². The Hall–Kier alpha value is -2.19. The molecule has 0 radical (unpaired) electrons. The molecule has 7 nitrogen and oxygen atoms in total. The number of piperidine rings is 2. The van der Waals surface area contributed by atoms with E-state index in [1.54, 1.807) is 17.0 Å². The molecule has 5 aliphatic heterocycles. The van der Waals surface area contributed by atoms with Crippen LogP contribution in [-0.4, -0.2) is 75.7 Å². The molecule has 5 heterocycles. The Morgan fingerprint density at radius 1 is 0.919 bits per heavy atom. The maximum absolute atomic E-state index is 15.1. The van der Waals surface area contributed by atoms with Crippen LogP contribution in [0.1, 0.15) is 64.2 Å². The second-order valence-corrected chi connectivity index (χ2v) is 11.3. The van der Waals surface area contributed by atoms with E-state index >= 15 is 4.39 Å². The lowest BCUT2D eigenvalue weighted by atomic mass is 9.71. The molecule has 0 aliphatic carbocycles. The molecule has 1 aromatic carbocycles. The fraction of sp³-hybridized carbons (Fsp3) is 0.724. The summed E-state index contributed by atoms with van der Waals surface area (Å²) in [5.41, 5.74) is 0.839. The number of amides is 2. The van der Waals surface area contributed by atoms with Crippen LogP contribution in [0.25, 0.3) is 0 Å². The van der Waals surface area contributed by atoms with Crippen LogP contribution in [-0.2, 0) is 14.3 Å². The third-order valence-corrected chi connectivity index (χ3v) is 8.99. The van der Waals surface area contributed by atoms with Gasteiger partial charge in [-0.25, -0.2) is 4.39 Å². The van der Waals surface area contributed by atoms with E-state index in [2.05, 4.69) is 10.2 Å². The molecule has 2 amide bonds. The quantitative estimate of drug-likeness (QED) is 0.662. The van der Waals surface area contributed by atoms with E-state index in [1.807, 2.05) is 11.0 Å². The normalized spacial score (nSPS) is 24.4. The van der Waals surface area contributed by atoms with E-state index in [-0.39, 0.29) is 23.5 Å². The summed E-state index contributed by atoms with van der Waals surface area (Å²) in [5.74, 6) is -0.00643. The minimum atomic E-state index is -0.467. The highest BCUT2D eigenvalue weighted by molar-refractivity contribution is 5.99. The number of carbonyl (C=O) groups excluding carboxylic acids is 2. The van der Waals surface area contributed by atoms with Crippen molar-refractivity contribution in [3.05, 3.63) is 24.0 Å². The van der Waals surface area contributed by atoms with Gasteiger partial charge in [0.2, 0.25) is 11.8 Å². The smallest absolute Gasteiger partial charge is 0.233 e. The van der Waals surface area contributed by atoms with E-state index in [4.69, 9.17) is 4.74 Å². The van der Waals surface area contributed by atoms with Crippen LogP contribution in [0.4, 0.5) is 15.8 Å². The number of likely N-dealkylation sites (tertiary alicyclic amines) is 1. The molecule has 5 saturated heterocycles. The predicted molar refractivity (Wildman–Crippen MR) is 143 cm³/mol. The van der Waals surface area contributed by atoms with Gasteiger partial charge >= 0.3 is 0 Å². The first-order chi connectivity index (χ1) is 18.1. The van der Waals surface area contributed by atoms with Gasteiger partial charge in [-0.3, -0.25) is 9.59 Å². The zero-order valence-electron chi connectivity index (χ0n) is 22.2. The lowest BCUT2D eigenvalue weighted by molar-refractivity contribution is -0.145. The molecule has 8 heteroatoms. The lowest BCUT2D eigenvalue weighted by Gasteiger charge is -2.47. The van der Waals surface area contributed by atoms with Gasteiger partial charge in [0.25, 0.3) is 0 Å². The summed E-state index contributed by atoms with van der Waals surface area (Å²) in [4.78, 5) is 32.3. The zero-order chi connectivity index (χ0) is 25.7. The average Bonchev–Trinajstić information content (AvgIpc) is 3.69. The molecule has 0 bridgehead atoms. The van der Waals surface area contributed by atoms with Crippen LogP contribution in [0.2, 0.25) is 0 Å². The van der Waals surface area contributed by atoms with Gasteiger partial charge in [0.05, 0.1) is 11.1 Å². The van der Waals surface area contributed by atoms with Crippen molar-refractivity contribution in [2.45, 2.75) is 64.2 Å². The van der Waals surface area contributed by atoms with Crippen molar-refractivity contribution in [3.63, 3.8) is 0 Å². The Morgan fingerprint density at radius 2 is 1.62 bits per heavy atom. The van der Waals surface area contributed by atoms with Crippen LogP contribution in [0.5, 0.6) is 0 Å². The molecule has 0 aromatic heterocycles. The zero-order valence-corrected chi connectivity index (χ0v) is 22.2. The van der Waals surface area contributed by atoms with Crippen LogP contribution in [0, 0.1) is 17.2 Å². The predicted octanol–water partition coefficient (Wildman–Crippen LogP) is 3.96. The number of rotatable bonds is 3. The second-order valence-electron chi connectivity index (χ2n) is 11.3. The molecule has 0 atom stereocenters. The van der Waals surface area contributed by atoms with E-state index in [9.17, 15) is 9.59 Å². The van der Waals surface area contributed by atoms with E-state index < -0.39 is 5.41 Å². The number of ether oxygens (including phenoxy) is 1. The molecular weight excluding hydrogens is 471 g/mol. The Balaban J connectivity index is 0.000000503. The lowest BCUT2D eigenvalue weighted by Crippen LogP contribution is -2.55. The highest BCUT2D eigenvalue weighted by Gasteiger charge is 2.47. The Labute approximate surface area is 220 Å². The van der Waals surface area contributed by atoms with Gasteiger partial charge in [-0.15, -0.1) is 0 Å². The van der Waals surface area contributed by atoms with Crippen molar-refractivity contribution >= 4 is 23.2 Å². The maximum atomic E-state index is 15.1. The van der Waals surface area contributed by atoms with E-state index in [0.717, 1.165) is 57.3 Å². The van der Waals surface area contributed by atoms with Crippen molar-refractivity contribution < 1.29 is 18.7 Å². The van der Waals surface area contributed by atoms with Gasteiger partial charge in [0.15, 0.2) is 0 Å². The third kappa shape index (κ3) is 5.95. The standard InChI is InChI=1S/C25H34FN3O3.C4H9N/c26-21-18-20(27-11-1-2-12-27)4-5-22(21)29-13-3-8-25(24(29)31)9-14-28(15-10-25)23(30)19-6-16-32-17-7-19;1-2-4-5-3-1/h4-5,18-19H,1-3,6-17H2;5H,1-4H2. The van der Waals surface area contributed by atoms with Gasteiger partial charge in [0, 0.05) is 57.5 Å². The van der Waals surface area contributed by atoms with Crippen LogP contribution >= 0.6 is 0 Å². The van der Waals surface area contributed by atoms with E-state index in [1.165, 1.54) is 25.9 Å². The van der Waals surface area contributed by atoms with Crippen LogP contribution < -0.4 is 15.1 Å². The molecule has 6 rings (SSSR count). The summed E-state index contributed by atoms with van der Waals surface area (Å²) in [6.45, 7) is 7.54. The molecule has 204 valence electrons. The molecule has 5 fully saturated rings. The summed E-state index contributed by atoms with van der Waals surface area (Å²) in [5, 5.41) is 3.22. The van der Waals surface area contributed by atoms with Crippen LogP contribution in [0.15, 0.2) is 18.2 Å². The molecule has 37 heavy (non-hydrogen) atoms. The second kappa shape index (κ2) is 12.1. The minimum Gasteiger partial charge on any atom is -0.381 e. The summed E-state index contributed by atoms with van der Waals surface area (Å²) < 4.78 is 20.5. The van der Waals surface area contributed by atoms with E-state index in [0.29, 0.717) is 51.4 Å². The molecule has 1 aromatic rings. The van der Waals surface area contributed by atoms with Gasteiger partial charge in [-0.2, -0.15) is 0 Å². The summed E-state index contributed by atoms with van der Waals surface area (Å²) >= 11 is 0. The highest BCUT2D eigenvalue weighted by atomic mass is 19.1. The molecule has 5 aliphatic rings. The number of halogens is 1. The first-order valence-corrected chi connectivity index (χ1v) is 14.5. The van der Waals surface area contributed by atoms with Crippen molar-refractivity contribution in [1.29, 1.82) is 0 Å². The molecule has 1 N–H and O–H groups in total. The largest absolute Gasteiger partial charge is 0.381 e. The van der Waals surface area contributed by atoms with Crippen molar-refractivity contribution in [3.8, 4) is 0 Å². The number of carbonyl (C=O) groups is 2. The number of nitrogens with zero attached hydrogens (tertiary/aromatic N) is 3. The van der Waals surface area contributed by atoms with Crippen LogP contribution in [0.3, 0.4) is 0 Å². The molecule has 0 saturated carbocycles. The van der Waals surface area contributed by atoms with Crippen molar-refractivity contribution in [2.24, 2.45) is 11.3 Å². The Morgan fingerprint density at radius 3 is 2.24 bits per heavy atom. The first kappa shape index (κ1) is 26.4. The molecular formula is C29H43FN4O3. The maximum Gasteiger partial charge on any atom is 0.233 e. The number of anilines is 2. The average molecular weight is 515 g/mol. The first-order valence-electron chi connectivity index (χ1n) is 14.5. The van der Waals surface area contributed by atoms with Gasteiger partial charge in [-0.05, 0) is 95.5 Å². The topological polar surface area (TPSA) is 65.1 Å². The fourth-order valence-electron chi connectivity index (χ4n) is 6.63. The summed E-state index contributed by atoms with van der Waals surface area (Å²) in [7, 11) is 0. The minimum absolute atomic E-state index is 0.0368. The molecule has 1 spiro atoms. The number of hydrogen-bond donors (Lipinski definition) is 1. The number of hydrogen-bond acceptors (Lipinski definition) is 5. The monoisotopic (exact) mass is 514 g/mol. The SMILES string of the molecule is C1CCNC1.O=C(C1CCOCC1)N1CCC2(CCCN(c3ccc(N4CCCC4)cc3F)C2=O)CC1. The summed E-state index contributed by atoms with van der Waals surface area (Å²) in [6.07, 6.45) is 9.69.